The van der Waals surface area contributed by atoms with Gasteiger partial charge in [0.05, 0.1) is 0 Å². The molecule has 0 aromatic heterocycles. The molecule has 2 aliphatic carbocycles. The van der Waals surface area contributed by atoms with E-state index >= 15 is 0 Å². The van der Waals surface area contributed by atoms with Crippen LogP contribution in [0.3, 0.4) is 0 Å². The number of fused-ring (bicyclic) bond motifs is 2. The molecule has 2 aliphatic rings. The standard InChI is InChI=1S/C36H34Si.2ClH.Zr/c1-25-23-29-19-11-13-21-31(27-15-7-5-8-16-27)33(29)35(25)37(3,4)36-26(2)24-30-20-12-14-22-32(34(30)36)28-17-9-6-10-18-28;;;/h5-24,31-32H,1-4H3;2*1H;/q-2;;;+4/p-2. The Bertz CT molecular complexity index is 1450. The fraction of sp³-hybridized carbons (Fsp3) is 0.167. The zero-order valence-electron chi connectivity index (χ0n) is 23.5. The summed E-state index contributed by atoms with van der Waals surface area (Å²) in [6, 6.07) is 26.9. The zero-order chi connectivity index (χ0) is 25.6. The summed E-state index contributed by atoms with van der Waals surface area (Å²) in [6.07, 6.45) is 18.3. The van der Waals surface area contributed by atoms with Crippen molar-refractivity contribution in [1.82, 2.24) is 0 Å². The first kappa shape index (κ1) is 32.3. The van der Waals surface area contributed by atoms with E-state index < -0.39 is 8.07 Å². The molecule has 4 heteroatoms. The average molecular weight is 657 g/mol. The molecule has 4 aromatic carbocycles. The van der Waals surface area contributed by atoms with Gasteiger partial charge in [0, 0.05) is 8.07 Å². The number of allylic oxidation sites excluding steroid dienone is 6. The average Bonchev–Trinajstić information content (AvgIpc) is 3.23. The second-order valence-corrected chi connectivity index (χ2v) is 15.3. The molecular weight excluding hydrogens is 623 g/mol. The van der Waals surface area contributed by atoms with E-state index in [2.05, 4.69) is 148 Å². The van der Waals surface area contributed by atoms with Crippen LogP contribution in [0.5, 0.6) is 0 Å². The smallest absolute Gasteiger partial charge is 1.00 e. The Hall–Kier alpha value is -2.22. The quantitative estimate of drug-likeness (QED) is 0.233. The number of halogens is 2. The molecule has 4 aromatic rings. The van der Waals surface area contributed by atoms with Crippen LogP contribution in [0.15, 0.2) is 109 Å². The van der Waals surface area contributed by atoms with Crippen molar-refractivity contribution >= 4 is 30.6 Å². The first-order chi connectivity index (χ1) is 18.0. The maximum atomic E-state index is 2.58. The first-order valence-corrected chi connectivity index (χ1v) is 16.4. The van der Waals surface area contributed by atoms with Gasteiger partial charge in [0.25, 0.3) is 0 Å². The molecule has 6 rings (SSSR count). The van der Waals surface area contributed by atoms with E-state index in [0.717, 1.165) is 0 Å². The van der Waals surface area contributed by atoms with Crippen LogP contribution in [-0.2, 0) is 26.2 Å². The maximum absolute atomic E-state index is 2.58. The van der Waals surface area contributed by atoms with Crippen LogP contribution < -0.4 is 35.2 Å². The molecule has 0 spiro atoms. The summed E-state index contributed by atoms with van der Waals surface area (Å²) in [5.74, 6) is 0.528. The van der Waals surface area contributed by atoms with Gasteiger partial charge >= 0.3 is 26.2 Å². The van der Waals surface area contributed by atoms with E-state index in [9.17, 15) is 0 Å². The van der Waals surface area contributed by atoms with E-state index in [1.165, 1.54) is 44.5 Å². The van der Waals surface area contributed by atoms with Gasteiger partial charge in [-0.05, 0) is 23.0 Å². The normalized spacial score (nSPS) is 17.0. The van der Waals surface area contributed by atoms with Gasteiger partial charge < -0.3 is 24.8 Å². The Morgan fingerprint density at radius 2 is 0.950 bits per heavy atom. The summed E-state index contributed by atoms with van der Waals surface area (Å²) in [6.45, 7) is 9.84. The number of rotatable bonds is 4. The van der Waals surface area contributed by atoms with Gasteiger partial charge in [0.15, 0.2) is 0 Å². The minimum atomic E-state index is -2.13. The van der Waals surface area contributed by atoms with E-state index in [1.807, 2.05) is 0 Å². The summed E-state index contributed by atoms with van der Waals surface area (Å²) in [4.78, 5) is 0. The second kappa shape index (κ2) is 13.2. The van der Waals surface area contributed by atoms with E-state index in [-0.39, 0.29) is 62.9 Å². The fourth-order valence-electron chi connectivity index (χ4n) is 6.95. The minimum Gasteiger partial charge on any atom is -1.00 e. The zero-order valence-corrected chi connectivity index (χ0v) is 28.4. The van der Waals surface area contributed by atoms with Gasteiger partial charge in [0.1, 0.15) is 0 Å². The number of benzene rings is 2. The molecule has 0 fully saturated rings. The van der Waals surface area contributed by atoms with Crippen molar-refractivity contribution in [2.24, 2.45) is 0 Å². The third-order valence-electron chi connectivity index (χ3n) is 8.26. The van der Waals surface area contributed by atoms with E-state index in [1.54, 1.807) is 10.4 Å². The maximum Gasteiger partial charge on any atom is 4.00 e. The predicted molar refractivity (Wildman–Crippen MR) is 163 cm³/mol. The Morgan fingerprint density at radius 3 is 1.32 bits per heavy atom. The molecular formula is C36H34Cl2SiZr. The summed E-state index contributed by atoms with van der Waals surface area (Å²) in [5.41, 5.74) is 11.4. The van der Waals surface area contributed by atoms with Gasteiger partial charge in [-0.3, -0.25) is 0 Å². The SMILES string of the molecule is Cc1[cH-]c2c(c1[Si](C)(C)c1c(C)[cH-]c3c1C(c1ccccc1)C=CC=C3)C(c1ccccc1)C=CC=C2.[Cl-].[Cl-].[Zr+4]. The van der Waals surface area contributed by atoms with Crippen LogP contribution in [0.25, 0.3) is 12.2 Å². The van der Waals surface area contributed by atoms with E-state index in [4.69, 9.17) is 0 Å². The topological polar surface area (TPSA) is 0 Å². The largest absolute Gasteiger partial charge is 4.00 e. The molecule has 0 heterocycles. The Labute approximate surface area is 272 Å². The van der Waals surface area contributed by atoms with Gasteiger partial charge in [-0.1, -0.05) is 112 Å². The molecule has 2 atom stereocenters. The minimum absolute atomic E-state index is 0. The van der Waals surface area contributed by atoms with Crippen molar-refractivity contribution in [2.75, 3.05) is 0 Å². The molecule has 0 N–H and O–H groups in total. The van der Waals surface area contributed by atoms with Crippen LogP contribution in [-0.4, -0.2) is 8.07 Å². The number of aryl methyl sites for hydroxylation is 2. The molecule has 0 radical (unpaired) electrons. The molecule has 0 saturated carbocycles. The van der Waals surface area contributed by atoms with Crippen molar-refractivity contribution in [1.29, 1.82) is 0 Å². The Kier molecular flexibility index (Phi) is 10.6. The van der Waals surface area contributed by atoms with Crippen LogP contribution in [0, 0.1) is 13.8 Å². The van der Waals surface area contributed by atoms with Gasteiger partial charge in [-0.2, -0.15) is 21.5 Å². The molecule has 2 unspecified atom stereocenters. The third-order valence-corrected chi connectivity index (χ3v) is 12.1. The van der Waals surface area contributed by atoms with Gasteiger partial charge in [0.2, 0.25) is 0 Å². The van der Waals surface area contributed by atoms with Gasteiger partial charge in [-0.25, -0.2) is 0 Å². The van der Waals surface area contributed by atoms with E-state index in [0.29, 0.717) is 0 Å². The first-order valence-electron chi connectivity index (χ1n) is 13.4. The third kappa shape index (κ3) is 5.62. The fourth-order valence-corrected chi connectivity index (χ4v) is 11.3. The summed E-state index contributed by atoms with van der Waals surface area (Å²) in [7, 11) is -2.13. The van der Waals surface area contributed by atoms with Crippen LogP contribution in [0.1, 0.15) is 56.3 Å². The molecule has 0 nitrogen and oxygen atoms in total. The van der Waals surface area contributed by atoms with Crippen LogP contribution in [0.4, 0.5) is 0 Å². The van der Waals surface area contributed by atoms with Crippen LogP contribution >= 0.6 is 0 Å². The van der Waals surface area contributed by atoms with Gasteiger partial charge in [-0.15, -0.1) is 58.7 Å². The Morgan fingerprint density at radius 1 is 0.575 bits per heavy atom. The molecule has 0 saturated heterocycles. The van der Waals surface area contributed by atoms with Crippen molar-refractivity contribution in [2.45, 2.75) is 38.8 Å². The second-order valence-electron chi connectivity index (χ2n) is 11.0. The number of hydrogen-bond donors (Lipinski definition) is 0. The summed E-state index contributed by atoms with van der Waals surface area (Å²) >= 11 is 0. The Balaban J connectivity index is 0.00000147. The molecule has 0 amide bonds. The van der Waals surface area contributed by atoms with Crippen molar-refractivity contribution in [3.63, 3.8) is 0 Å². The molecule has 40 heavy (non-hydrogen) atoms. The molecule has 200 valence electrons. The summed E-state index contributed by atoms with van der Waals surface area (Å²) in [5, 5.41) is 3.21. The van der Waals surface area contributed by atoms with Crippen molar-refractivity contribution in [3.8, 4) is 0 Å². The molecule has 0 bridgehead atoms. The van der Waals surface area contributed by atoms with Crippen LogP contribution in [0.2, 0.25) is 13.1 Å². The predicted octanol–water partition coefficient (Wildman–Crippen LogP) is 2.00. The molecule has 0 aliphatic heterocycles. The summed E-state index contributed by atoms with van der Waals surface area (Å²) < 4.78 is 0. The van der Waals surface area contributed by atoms with Crippen molar-refractivity contribution < 1.29 is 51.0 Å². The number of hydrogen-bond acceptors (Lipinski definition) is 0. The van der Waals surface area contributed by atoms with Crippen molar-refractivity contribution in [3.05, 3.63) is 154 Å². The monoisotopic (exact) mass is 654 g/mol.